The van der Waals surface area contributed by atoms with Gasteiger partial charge in [0.05, 0.1) is 0 Å². The third-order valence-corrected chi connectivity index (χ3v) is 3.13. The van der Waals surface area contributed by atoms with Crippen molar-refractivity contribution in [3.63, 3.8) is 0 Å². The Bertz CT molecular complexity index is 636. The maximum atomic E-state index is 11.0. The monoisotopic (exact) mass is 339 g/mol. The van der Waals surface area contributed by atoms with Gasteiger partial charge in [-0.05, 0) is 24.1 Å². The predicted octanol–water partition coefficient (Wildman–Crippen LogP) is -0.883. The van der Waals surface area contributed by atoms with Crippen LogP contribution in [0, 0.1) is 0 Å². The Morgan fingerprint density at radius 2 is 2.00 bits per heavy atom. The Morgan fingerprint density at radius 1 is 1.33 bits per heavy atom. The number of carboxylic acids is 3. The van der Waals surface area contributed by atoms with Crippen LogP contribution < -0.4 is 11.1 Å². The molecule has 1 aliphatic heterocycles. The highest BCUT2D eigenvalue weighted by molar-refractivity contribution is 5.90. The van der Waals surface area contributed by atoms with E-state index in [1.54, 1.807) is 0 Å². The second-order valence-corrected chi connectivity index (χ2v) is 5.00. The van der Waals surface area contributed by atoms with E-state index < -0.39 is 35.9 Å². The first kappa shape index (κ1) is 18.9. The molecule has 1 amide bonds. The SMILES string of the molecule is NC(=O)CC[C@H](N=C/C=C1\C=C(C(=O)O)N[C@H](C(=O)O)C1)C(=O)O. The molecule has 2 atom stereocenters. The molecule has 0 saturated carbocycles. The van der Waals surface area contributed by atoms with Crippen molar-refractivity contribution in [1.29, 1.82) is 0 Å². The molecule has 0 fully saturated rings. The minimum atomic E-state index is -1.31. The Kier molecular flexibility index (Phi) is 6.65. The smallest absolute Gasteiger partial charge is 0.351 e. The van der Waals surface area contributed by atoms with Gasteiger partial charge in [-0.2, -0.15) is 0 Å². The van der Waals surface area contributed by atoms with Gasteiger partial charge in [0.15, 0.2) is 0 Å². The number of primary amides is 1. The lowest BCUT2D eigenvalue weighted by atomic mass is 10.00. The van der Waals surface area contributed by atoms with Crippen molar-refractivity contribution >= 4 is 30.0 Å². The summed E-state index contributed by atoms with van der Waals surface area (Å²) in [5.74, 6) is -4.41. The van der Waals surface area contributed by atoms with Crippen LogP contribution in [-0.4, -0.2) is 57.4 Å². The lowest BCUT2D eigenvalue weighted by Crippen LogP contribution is -2.41. The van der Waals surface area contributed by atoms with Crippen molar-refractivity contribution in [3.05, 3.63) is 23.4 Å². The normalized spacial score (nSPS) is 20.2. The lowest BCUT2D eigenvalue weighted by molar-refractivity contribution is -0.140. The summed E-state index contributed by atoms with van der Waals surface area (Å²) in [6.07, 6.45) is 3.53. The number of aliphatic carboxylic acids is 3. The molecule has 0 bridgehead atoms. The molecule has 0 spiro atoms. The predicted molar refractivity (Wildman–Crippen MR) is 81.3 cm³/mol. The highest BCUT2D eigenvalue weighted by atomic mass is 16.4. The van der Waals surface area contributed by atoms with Gasteiger partial charge in [-0.3, -0.25) is 9.79 Å². The van der Waals surface area contributed by atoms with E-state index in [1.807, 2.05) is 0 Å². The van der Waals surface area contributed by atoms with Crippen molar-refractivity contribution < 1.29 is 34.5 Å². The van der Waals surface area contributed by atoms with Gasteiger partial charge in [0.2, 0.25) is 5.91 Å². The number of nitrogens with zero attached hydrogens (tertiary/aromatic N) is 1. The molecule has 24 heavy (non-hydrogen) atoms. The minimum absolute atomic E-state index is 0.0111. The fraction of sp³-hybridized carbons (Fsp3) is 0.357. The number of nitrogens with two attached hydrogens (primary N) is 1. The molecule has 130 valence electrons. The number of carboxylic acid groups (broad SMARTS) is 3. The zero-order valence-corrected chi connectivity index (χ0v) is 12.5. The standard InChI is InChI=1S/C14H17N3O7/c15-11(18)2-1-8(12(19)20)16-4-3-7-5-9(13(21)22)17-10(6-7)14(23)24/h3-5,8,10,17H,1-2,6H2,(H2,15,18)(H,19,20)(H,21,22)(H,23,24)/b7-3+,16-4?/t8-,10-/m0/s1. The number of amides is 1. The van der Waals surface area contributed by atoms with E-state index in [0.29, 0.717) is 5.57 Å². The Morgan fingerprint density at radius 3 is 2.50 bits per heavy atom. The number of carbonyl (C=O) groups excluding carboxylic acids is 1. The molecule has 10 heteroatoms. The van der Waals surface area contributed by atoms with Crippen LogP contribution in [0.1, 0.15) is 19.3 Å². The van der Waals surface area contributed by atoms with Gasteiger partial charge in [0.1, 0.15) is 17.8 Å². The number of hydrogen-bond donors (Lipinski definition) is 5. The van der Waals surface area contributed by atoms with Crippen molar-refractivity contribution in [3.8, 4) is 0 Å². The number of hydrogen-bond acceptors (Lipinski definition) is 6. The van der Waals surface area contributed by atoms with Crippen LogP contribution in [0.3, 0.4) is 0 Å². The third kappa shape index (κ3) is 5.91. The van der Waals surface area contributed by atoms with Gasteiger partial charge >= 0.3 is 17.9 Å². The van der Waals surface area contributed by atoms with Crippen LogP contribution >= 0.6 is 0 Å². The van der Waals surface area contributed by atoms with Gasteiger partial charge < -0.3 is 26.4 Å². The van der Waals surface area contributed by atoms with Crippen LogP contribution in [-0.2, 0) is 19.2 Å². The average Bonchev–Trinajstić information content (AvgIpc) is 2.49. The number of nitrogens with one attached hydrogen (secondary N) is 1. The van der Waals surface area contributed by atoms with Crippen LogP contribution in [0.25, 0.3) is 0 Å². The molecule has 6 N–H and O–H groups in total. The minimum Gasteiger partial charge on any atom is -0.480 e. The number of aliphatic imine (C=N–C) groups is 1. The Hall–Kier alpha value is -3.17. The van der Waals surface area contributed by atoms with Crippen molar-refractivity contribution in [1.82, 2.24) is 5.32 Å². The van der Waals surface area contributed by atoms with E-state index in [2.05, 4.69) is 10.3 Å². The van der Waals surface area contributed by atoms with Crippen LogP contribution in [0.5, 0.6) is 0 Å². The second kappa shape index (κ2) is 8.46. The van der Waals surface area contributed by atoms with E-state index in [9.17, 15) is 19.2 Å². The largest absolute Gasteiger partial charge is 0.480 e. The Labute approximate surface area is 136 Å². The van der Waals surface area contributed by atoms with Crippen molar-refractivity contribution in [2.24, 2.45) is 10.7 Å². The summed E-state index contributed by atoms with van der Waals surface area (Å²) in [4.78, 5) is 47.5. The molecule has 10 nitrogen and oxygen atoms in total. The van der Waals surface area contributed by atoms with Crippen molar-refractivity contribution in [2.45, 2.75) is 31.3 Å². The van der Waals surface area contributed by atoms with E-state index in [0.717, 1.165) is 6.21 Å². The van der Waals surface area contributed by atoms with Gasteiger partial charge in [-0.1, -0.05) is 0 Å². The third-order valence-electron chi connectivity index (χ3n) is 3.13. The molecule has 0 aliphatic carbocycles. The Balaban J connectivity index is 2.90. The highest BCUT2D eigenvalue weighted by Gasteiger charge is 2.26. The molecule has 1 heterocycles. The lowest BCUT2D eigenvalue weighted by Gasteiger charge is -2.21. The van der Waals surface area contributed by atoms with E-state index in [-0.39, 0.29) is 25.0 Å². The summed E-state index contributed by atoms with van der Waals surface area (Å²) in [5, 5.41) is 29.3. The fourth-order valence-electron chi connectivity index (χ4n) is 1.93. The second-order valence-electron chi connectivity index (χ2n) is 5.00. The average molecular weight is 339 g/mol. The van der Waals surface area contributed by atoms with Gasteiger partial charge in [0.25, 0.3) is 0 Å². The first-order valence-electron chi connectivity index (χ1n) is 6.88. The summed E-state index contributed by atoms with van der Waals surface area (Å²) >= 11 is 0. The molecule has 0 aromatic carbocycles. The highest BCUT2D eigenvalue weighted by Crippen LogP contribution is 2.16. The van der Waals surface area contributed by atoms with Crippen LogP contribution in [0.2, 0.25) is 0 Å². The molecule has 0 unspecified atom stereocenters. The van der Waals surface area contributed by atoms with Gasteiger partial charge in [-0.15, -0.1) is 0 Å². The first-order valence-corrected chi connectivity index (χ1v) is 6.88. The quantitative estimate of drug-likeness (QED) is 0.353. The molecule has 0 aromatic heterocycles. The van der Waals surface area contributed by atoms with Crippen molar-refractivity contribution in [2.75, 3.05) is 0 Å². The first-order chi connectivity index (χ1) is 11.2. The molecule has 1 rings (SSSR count). The van der Waals surface area contributed by atoms with E-state index in [4.69, 9.17) is 21.1 Å². The summed E-state index contributed by atoms with van der Waals surface area (Å²) in [5.41, 5.74) is 5.03. The fourth-order valence-corrected chi connectivity index (χ4v) is 1.93. The summed E-state index contributed by atoms with van der Waals surface area (Å²) in [6.45, 7) is 0. The zero-order valence-electron chi connectivity index (χ0n) is 12.5. The van der Waals surface area contributed by atoms with E-state index >= 15 is 0 Å². The number of carbonyl (C=O) groups is 4. The zero-order chi connectivity index (χ0) is 18.3. The summed E-state index contributed by atoms with van der Waals surface area (Å²) < 4.78 is 0. The number of rotatable bonds is 8. The summed E-state index contributed by atoms with van der Waals surface area (Å²) in [6, 6.07) is -2.28. The van der Waals surface area contributed by atoms with Gasteiger partial charge in [0, 0.05) is 19.1 Å². The van der Waals surface area contributed by atoms with Crippen LogP contribution in [0.15, 0.2) is 28.4 Å². The topological polar surface area (TPSA) is 179 Å². The molecule has 0 aromatic rings. The molecule has 1 aliphatic rings. The molecule has 0 radical (unpaired) electrons. The summed E-state index contributed by atoms with van der Waals surface area (Å²) in [7, 11) is 0. The molecular formula is C14H17N3O7. The molecular weight excluding hydrogens is 322 g/mol. The van der Waals surface area contributed by atoms with Gasteiger partial charge in [-0.25, -0.2) is 14.4 Å². The maximum absolute atomic E-state index is 11.0. The van der Waals surface area contributed by atoms with Crippen LogP contribution in [0.4, 0.5) is 0 Å². The van der Waals surface area contributed by atoms with E-state index in [1.165, 1.54) is 12.2 Å². The number of allylic oxidation sites excluding steroid dienone is 2. The maximum Gasteiger partial charge on any atom is 0.351 e. The molecule has 0 saturated heterocycles.